The highest BCUT2D eigenvalue weighted by molar-refractivity contribution is 7.61. The van der Waals surface area contributed by atoms with E-state index in [4.69, 9.17) is 5.11 Å². The third kappa shape index (κ3) is 9.53. The van der Waals surface area contributed by atoms with Crippen molar-refractivity contribution < 1.29 is 14.8 Å². The van der Waals surface area contributed by atoms with Crippen LogP contribution in [0, 0.1) is 0 Å². The van der Waals surface area contributed by atoms with Gasteiger partial charge in [-0.25, -0.2) is 0 Å². The van der Waals surface area contributed by atoms with Crippen molar-refractivity contribution in [1.82, 2.24) is 0 Å². The Morgan fingerprint density at radius 3 is 1.91 bits per heavy atom. The molecular weight excluding hydrogens is 415 g/mol. The average Bonchev–Trinajstić information content (AvgIpc) is 2.83. The first kappa shape index (κ1) is 26.7. The summed E-state index contributed by atoms with van der Waals surface area (Å²) >= 11 is 0. The molecule has 32 heavy (non-hydrogen) atoms. The smallest absolute Gasteiger partial charge is 0.396 e. The van der Waals surface area contributed by atoms with Crippen molar-refractivity contribution in [1.29, 1.82) is 0 Å². The number of aliphatic hydroxyl groups excluding tert-OH is 2. The molecule has 2 rings (SSSR count). The zero-order chi connectivity index (χ0) is 23.0. The number of rotatable bonds is 17. The summed E-state index contributed by atoms with van der Waals surface area (Å²) in [6.07, 6.45) is 13.1. The largest absolute Gasteiger partial charge is 0.415 e. The minimum Gasteiger partial charge on any atom is -0.396 e. The predicted molar refractivity (Wildman–Crippen MR) is 137 cm³/mol. The van der Waals surface area contributed by atoms with E-state index in [1.165, 1.54) is 44.9 Å². The number of aliphatic hydroxyl groups is 2. The molecule has 0 saturated heterocycles. The quantitative estimate of drug-likeness (QED) is 0.208. The fourth-order valence-electron chi connectivity index (χ4n) is 4.32. The third-order valence-electron chi connectivity index (χ3n) is 6.29. The van der Waals surface area contributed by atoms with Gasteiger partial charge in [0.25, 0.3) is 0 Å². The van der Waals surface area contributed by atoms with E-state index in [0.29, 0.717) is 6.42 Å². The van der Waals surface area contributed by atoms with Crippen LogP contribution in [-0.2, 0) is 4.57 Å². The van der Waals surface area contributed by atoms with Crippen LogP contribution < -0.4 is 10.6 Å². The first-order valence-corrected chi connectivity index (χ1v) is 13.8. The average molecular weight is 458 g/mol. The van der Waals surface area contributed by atoms with E-state index in [1.54, 1.807) is 0 Å². The lowest BCUT2D eigenvalue weighted by atomic mass is 9.86. The van der Waals surface area contributed by atoms with Crippen LogP contribution in [0.5, 0.6) is 0 Å². The summed E-state index contributed by atoms with van der Waals surface area (Å²) in [4.78, 5) is 0. The fraction of sp³-hybridized carbons (Fsp3) is 0.571. The molecule has 0 aliphatic carbocycles. The Balaban J connectivity index is 1.95. The van der Waals surface area contributed by atoms with Crippen molar-refractivity contribution >= 4 is 18.4 Å². The van der Waals surface area contributed by atoms with Gasteiger partial charge in [-0.3, -0.25) is 0 Å². The highest BCUT2D eigenvalue weighted by Crippen LogP contribution is 2.30. The molecule has 3 nitrogen and oxygen atoms in total. The second-order valence-electron chi connectivity index (χ2n) is 8.88. The molecule has 2 aromatic carbocycles. The monoisotopic (exact) mass is 457 g/mol. The van der Waals surface area contributed by atoms with Gasteiger partial charge in [0.05, 0.1) is 6.10 Å². The van der Waals surface area contributed by atoms with Crippen LogP contribution in [0.25, 0.3) is 0 Å². The molecule has 3 atom stereocenters. The number of benzene rings is 2. The van der Waals surface area contributed by atoms with E-state index in [-0.39, 0.29) is 12.5 Å². The maximum absolute atomic E-state index is 12.8. The Hall–Kier alpha value is -1.54. The normalized spacial score (nSPS) is 13.7. The number of hydrogen-bond acceptors (Lipinski definition) is 3. The van der Waals surface area contributed by atoms with Crippen molar-refractivity contribution in [2.75, 3.05) is 6.61 Å². The van der Waals surface area contributed by atoms with Crippen LogP contribution in [0.4, 0.5) is 0 Å². The van der Waals surface area contributed by atoms with E-state index in [9.17, 15) is 9.67 Å². The molecule has 0 saturated carbocycles. The summed E-state index contributed by atoms with van der Waals surface area (Å²) in [7, 11) is -1.59. The van der Waals surface area contributed by atoms with Gasteiger partial charge >= 0.3 is 7.80 Å². The van der Waals surface area contributed by atoms with Gasteiger partial charge in [0.2, 0.25) is 0 Å². The third-order valence-corrected chi connectivity index (χ3v) is 7.82. The van der Waals surface area contributed by atoms with Gasteiger partial charge in [0.1, 0.15) is 0 Å². The minimum absolute atomic E-state index is 0.0949. The van der Waals surface area contributed by atoms with Crippen molar-refractivity contribution in [2.45, 2.75) is 96.0 Å². The lowest BCUT2D eigenvalue weighted by molar-refractivity contribution is 0.122. The van der Waals surface area contributed by atoms with Gasteiger partial charge in [-0.1, -0.05) is 93.2 Å². The van der Waals surface area contributed by atoms with Crippen molar-refractivity contribution in [3.63, 3.8) is 0 Å². The number of hydrogen-bond donors (Lipinski definition) is 2. The molecule has 0 fully saturated rings. The summed E-state index contributed by atoms with van der Waals surface area (Å²) < 4.78 is 12.8. The summed E-state index contributed by atoms with van der Waals surface area (Å²) in [5.41, 5.74) is 1.13. The van der Waals surface area contributed by atoms with Gasteiger partial charge in [0.15, 0.2) is 10.6 Å². The standard InChI is InChI=1S/C28H42O3P/c1-2-3-4-5-6-7-8-12-17-27(28(30)18-13-14-23-29)24-19-21-26(22-20-24)32(31)25-15-10-9-11-16-25/h9-11,15-16,19-22,27-30H,2-8,12-14,17-18,23H2,1H3/q+1. The molecule has 0 amide bonds. The van der Waals surface area contributed by atoms with Crippen LogP contribution >= 0.6 is 7.80 Å². The molecule has 0 heterocycles. The molecule has 0 aliphatic heterocycles. The van der Waals surface area contributed by atoms with E-state index >= 15 is 0 Å². The van der Waals surface area contributed by atoms with Gasteiger partial charge in [0, 0.05) is 12.5 Å². The molecule has 0 aliphatic rings. The van der Waals surface area contributed by atoms with Gasteiger partial charge in [-0.15, -0.1) is 0 Å². The molecule has 0 bridgehead atoms. The maximum atomic E-state index is 12.8. The van der Waals surface area contributed by atoms with E-state index in [2.05, 4.69) is 19.1 Å². The van der Waals surface area contributed by atoms with Crippen molar-refractivity contribution in [3.8, 4) is 0 Å². The van der Waals surface area contributed by atoms with E-state index in [0.717, 1.165) is 41.9 Å². The first-order chi connectivity index (χ1) is 15.7. The molecule has 0 aromatic heterocycles. The molecule has 0 spiro atoms. The molecule has 2 N–H and O–H groups in total. The summed E-state index contributed by atoms with van der Waals surface area (Å²) in [5, 5.41) is 21.7. The predicted octanol–water partition coefficient (Wildman–Crippen LogP) is 6.60. The Morgan fingerprint density at radius 1 is 0.719 bits per heavy atom. The molecular formula is C28H42O3P+. The molecule has 3 unspecified atom stereocenters. The van der Waals surface area contributed by atoms with Crippen molar-refractivity contribution in [3.05, 3.63) is 60.2 Å². The molecule has 0 radical (unpaired) electrons. The van der Waals surface area contributed by atoms with E-state index < -0.39 is 13.9 Å². The lowest BCUT2D eigenvalue weighted by Crippen LogP contribution is -2.19. The van der Waals surface area contributed by atoms with Crippen LogP contribution in [0.3, 0.4) is 0 Å². The highest BCUT2D eigenvalue weighted by Gasteiger charge is 2.25. The molecule has 2 aromatic rings. The van der Waals surface area contributed by atoms with Crippen LogP contribution in [0.1, 0.15) is 95.5 Å². The fourth-order valence-corrected chi connectivity index (χ4v) is 5.48. The van der Waals surface area contributed by atoms with Crippen molar-refractivity contribution in [2.24, 2.45) is 0 Å². The second kappa shape index (κ2) is 16.1. The first-order valence-electron chi connectivity index (χ1n) is 12.6. The zero-order valence-corrected chi connectivity index (χ0v) is 20.7. The topological polar surface area (TPSA) is 57.5 Å². The Kier molecular flexibility index (Phi) is 13.5. The molecule has 176 valence electrons. The Morgan fingerprint density at radius 2 is 1.28 bits per heavy atom. The van der Waals surface area contributed by atoms with Crippen LogP contribution in [0.2, 0.25) is 0 Å². The van der Waals surface area contributed by atoms with Crippen LogP contribution in [-0.4, -0.2) is 22.9 Å². The van der Waals surface area contributed by atoms with Crippen LogP contribution in [0.15, 0.2) is 54.6 Å². The Labute approximate surface area is 196 Å². The van der Waals surface area contributed by atoms with Gasteiger partial charge in [-0.05, 0) is 55.5 Å². The zero-order valence-electron chi connectivity index (χ0n) is 19.8. The minimum atomic E-state index is -1.59. The SMILES string of the molecule is CCCCCCCCCCC(c1ccc([P+](=O)c2ccccc2)cc1)C(O)CCCCO. The van der Waals surface area contributed by atoms with E-state index in [1.807, 2.05) is 42.5 Å². The second-order valence-corrected chi connectivity index (χ2v) is 10.5. The maximum Gasteiger partial charge on any atom is 0.415 e. The van der Waals surface area contributed by atoms with Gasteiger partial charge < -0.3 is 10.2 Å². The van der Waals surface area contributed by atoms with Gasteiger partial charge in [-0.2, -0.15) is 0 Å². The highest BCUT2D eigenvalue weighted by atomic mass is 31.1. The summed E-state index contributed by atoms with van der Waals surface area (Å²) in [6.45, 7) is 2.43. The summed E-state index contributed by atoms with van der Waals surface area (Å²) in [5.74, 6) is 0.0949. The Bertz CT molecular complexity index is 745. The molecule has 4 heteroatoms. The lowest BCUT2D eigenvalue weighted by Gasteiger charge is -2.23. The number of unbranched alkanes of at least 4 members (excludes halogenated alkanes) is 8. The summed E-state index contributed by atoms with van der Waals surface area (Å²) in [6, 6.07) is 17.6.